The number of hydrogen-bond acceptors (Lipinski definition) is 3. The topological polar surface area (TPSA) is 43.1 Å². The molecule has 2 heterocycles. The van der Waals surface area contributed by atoms with E-state index in [-0.39, 0.29) is 0 Å². The summed E-state index contributed by atoms with van der Waals surface area (Å²) in [6.07, 6.45) is -2.97. The lowest BCUT2D eigenvalue weighted by molar-refractivity contribution is -0.137. The Balaban J connectivity index is 2.10. The molecule has 3 aromatic rings. The fourth-order valence-corrected chi connectivity index (χ4v) is 1.74. The number of alkyl halides is 3. The summed E-state index contributed by atoms with van der Waals surface area (Å²) in [5.74, 6) is 0. The molecule has 0 amide bonds. The van der Waals surface area contributed by atoms with E-state index >= 15 is 0 Å². The maximum absolute atomic E-state index is 12.6. The van der Waals surface area contributed by atoms with Crippen LogP contribution >= 0.6 is 0 Å². The Morgan fingerprint density at radius 3 is 2.68 bits per heavy atom. The second kappa shape index (κ2) is 4.04. The normalized spacial score (nSPS) is 11.9. The molecule has 0 N–H and O–H groups in total. The van der Waals surface area contributed by atoms with E-state index in [1.807, 2.05) is 0 Å². The third kappa shape index (κ3) is 2.14. The molecular formula is C12H7F3N4. The fourth-order valence-electron chi connectivity index (χ4n) is 1.74. The van der Waals surface area contributed by atoms with Crippen LogP contribution in [0.3, 0.4) is 0 Å². The van der Waals surface area contributed by atoms with Gasteiger partial charge in [0.15, 0.2) is 5.65 Å². The summed E-state index contributed by atoms with van der Waals surface area (Å²) in [5.41, 5.74) is 0.662. The Labute approximate surface area is 105 Å². The summed E-state index contributed by atoms with van der Waals surface area (Å²) in [7, 11) is 0. The number of nitrogens with zero attached hydrogens (tertiary/aromatic N) is 4. The van der Waals surface area contributed by atoms with Crippen LogP contribution < -0.4 is 0 Å². The van der Waals surface area contributed by atoms with Gasteiger partial charge in [-0.15, -0.1) is 10.2 Å². The molecule has 0 radical (unpaired) electrons. The van der Waals surface area contributed by atoms with Crippen molar-refractivity contribution in [3.8, 4) is 11.3 Å². The summed E-state index contributed by atoms with van der Waals surface area (Å²) in [5, 5.41) is 11.6. The molecule has 0 spiro atoms. The number of benzene rings is 1. The second-order valence-corrected chi connectivity index (χ2v) is 3.93. The van der Waals surface area contributed by atoms with E-state index in [4.69, 9.17) is 0 Å². The molecule has 0 bridgehead atoms. The molecule has 0 aliphatic carbocycles. The average Bonchev–Trinajstić information content (AvgIpc) is 2.85. The zero-order valence-corrected chi connectivity index (χ0v) is 9.46. The van der Waals surface area contributed by atoms with Gasteiger partial charge in [-0.3, -0.25) is 0 Å². The molecule has 0 unspecified atom stereocenters. The lowest BCUT2D eigenvalue weighted by Gasteiger charge is -2.08. The van der Waals surface area contributed by atoms with Crippen molar-refractivity contribution >= 4 is 5.65 Å². The molecular weight excluding hydrogens is 257 g/mol. The van der Waals surface area contributed by atoms with Crippen molar-refractivity contribution in [1.29, 1.82) is 0 Å². The van der Waals surface area contributed by atoms with Crippen LogP contribution in [-0.2, 0) is 6.18 Å². The van der Waals surface area contributed by atoms with Gasteiger partial charge in [0.25, 0.3) is 0 Å². The highest BCUT2D eigenvalue weighted by atomic mass is 19.4. The molecule has 96 valence electrons. The molecule has 0 aliphatic rings. The van der Waals surface area contributed by atoms with Gasteiger partial charge in [-0.2, -0.15) is 22.8 Å². The van der Waals surface area contributed by atoms with Crippen LogP contribution in [0.2, 0.25) is 0 Å². The standard InChI is InChI=1S/C12H7F3N4/c13-12(14,15)9-3-1-2-8(6-9)10-4-5-11-17-16-7-19(11)18-10/h1-7H. The Hall–Kier alpha value is -2.44. The van der Waals surface area contributed by atoms with Crippen LogP contribution in [0, 0.1) is 0 Å². The summed E-state index contributed by atoms with van der Waals surface area (Å²) in [4.78, 5) is 0. The third-order valence-corrected chi connectivity index (χ3v) is 2.65. The molecule has 0 saturated heterocycles. The van der Waals surface area contributed by atoms with Crippen molar-refractivity contribution in [1.82, 2.24) is 19.8 Å². The molecule has 3 rings (SSSR count). The first-order valence-electron chi connectivity index (χ1n) is 5.39. The van der Waals surface area contributed by atoms with Crippen molar-refractivity contribution < 1.29 is 13.2 Å². The quantitative estimate of drug-likeness (QED) is 0.678. The van der Waals surface area contributed by atoms with E-state index in [9.17, 15) is 13.2 Å². The first-order chi connectivity index (χ1) is 9.04. The molecule has 7 heteroatoms. The Morgan fingerprint density at radius 1 is 1.05 bits per heavy atom. The van der Waals surface area contributed by atoms with E-state index in [2.05, 4.69) is 15.3 Å². The minimum Gasteiger partial charge on any atom is -0.200 e. The van der Waals surface area contributed by atoms with E-state index in [1.54, 1.807) is 18.2 Å². The summed E-state index contributed by atoms with van der Waals surface area (Å²) < 4.78 is 39.3. The smallest absolute Gasteiger partial charge is 0.200 e. The van der Waals surface area contributed by atoms with Crippen LogP contribution in [0.15, 0.2) is 42.7 Å². The van der Waals surface area contributed by atoms with Crippen molar-refractivity contribution in [2.75, 3.05) is 0 Å². The lowest BCUT2D eigenvalue weighted by Crippen LogP contribution is -2.04. The minimum absolute atomic E-state index is 0.394. The zero-order chi connectivity index (χ0) is 13.5. The van der Waals surface area contributed by atoms with Crippen LogP contribution in [0.1, 0.15) is 5.56 Å². The van der Waals surface area contributed by atoms with Gasteiger partial charge in [-0.1, -0.05) is 12.1 Å². The third-order valence-electron chi connectivity index (χ3n) is 2.65. The van der Waals surface area contributed by atoms with Crippen molar-refractivity contribution in [3.63, 3.8) is 0 Å². The number of rotatable bonds is 1. The predicted octanol–water partition coefficient (Wildman–Crippen LogP) is 2.81. The highest BCUT2D eigenvalue weighted by Gasteiger charge is 2.30. The summed E-state index contributed by atoms with van der Waals surface area (Å²) >= 11 is 0. The van der Waals surface area contributed by atoms with Gasteiger partial charge in [-0.05, 0) is 24.3 Å². The molecule has 0 saturated carbocycles. The Kier molecular flexibility index (Phi) is 2.48. The van der Waals surface area contributed by atoms with Gasteiger partial charge in [0.2, 0.25) is 0 Å². The van der Waals surface area contributed by atoms with Gasteiger partial charge in [0.1, 0.15) is 6.33 Å². The van der Waals surface area contributed by atoms with Gasteiger partial charge < -0.3 is 0 Å². The summed E-state index contributed by atoms with van der Waals surface area (Å²) in [6, 6.07) is 8.29. The van der Waals surface area contributed by atoms with Crippen LogP contribution in [0.5, 0.6) is 0 Å². The molecule has 0 aliphatic heterocycles. The Morgan fingerprint density at radius 2 is 1.89 bits per heavy atom. The van der Waals surface area contributed by atoms with Gasteiger partial charge in [0.05, 0.1) is 11.3 Å². The molecule has 1 aromatic carbocycles. The van der Waals surface area contributed by atoms with E-state index < -0.39 is 11.7 Å². The van der Waals surface area contributed by atoms with Gasteiger partial charge in [0, 0.05) is 5.56 Å². The molecule has 0 fully saturated rings. The second-order valence-electron chi connectivity index (χ2n) is 3.93. The van der Waals surface area contributed by atoms with Gasteiger partial charge in [-0.25, -0.2) is 0 Å². The van der Waals surface area contributed by atoms with Crippen molar-refractivity contribution in [2.24, 2.45) is 0 Å². The molecule has 19 heavy (non-hydrogen) atoms. The molecule has 0 atom stereocenters. The van der Waals surface area contributed by atoms with Gasteiger partial charge >= 0.3 is 6.18 Å². The number of halogens is 3. The first-order valence-corrected chi connectivity index (χ1v) is 5.39. The SMILES string of the molecule is FC(F)(F)c1cccc(-c2ccc3nncn3n2)c1. The van der Waals surface area contributed by atoms with Crippen molar-refractivity contribution in [2.45, 2.75) is 6.18 Å². The predicted molar refractivity (Wildman–Crippen MR) is 61.2 cm³/mol. The monoisotopic (exact) mass is 264 g/mol. The largest absolute Gasteiger partial charge is 0.416 e. The van der Waals surface area contributed by atoms with E-state index in [0.29, 0.717) is 16.9 Å². The number of hydrogen-bond donors (Lipinski definition) is 0. The lowest BCUT2D eigenvalue weighted by atomic mass is 10.1. The fraction of sp³-hybridized carbons (Fsp3) is 0.0833. The average molecular weight is 264 g/mol. The van der Waals surface area contributed by atoms with E-state index in [1.165, 1.54) is 16.9 Å². The van der Waals surface area contributed by atoms with E-state index in [0.717, 1.165) is 12.1 Å². The zero-order valence-electron chi connectivity index (χ0n) is 9.46. The summed E-state index contributed by atoms with van der Waals surface area (Å²) in [6.45, 7) is 0. The van der Waals surface area contributed by atoms with Crippen molar-refractivity contribution in [3.05, 3.63) is 48.3 Å². The first kappa shape index (κ1) is 11.6. The number of fused-ring (bicyclic) bond motifs is 1. The molecule has 2 aromatic heterocycles. The highest BCUT2D eigenvalue weighted by Crippen LogP contribution is 2.31. The maximum Gasteiger partial charge on any atom is 0.416 e. The van der Waals surface area contributed by atoms with Crippen LogP contribution in [0.4, 0.5) is 13.2 Å². The van der Waals surface area contributed by atoms with Crippen LogP contribution in [0.25, 0.3) is 16.9 Å². The number of aromatic nitrogens is 4. The minimum atomic E-state index is -4.36. The molecule has 4 nitrogen and oxygen atoms in total. The Bertz CT molecular complexity index is 733. The van der Waals surface area contributed by atoms with Crippen LogP contribution in [-0.4, -0.2) is 19.8 Å². The maximum atomic E-state index is 12.6. The highest BCUT2D eigenvalue weighted by molar-refractivity contribution is 5.61.